The number of aromatic nitrogens is 5. The van der Waals surface area contributed by atoms with Gasteiger partial charge in [0.15, 0.2) is 0 Å². The molecule has 0 amide bonds. The van der Waals surface area contributed by atoms with E-state index >= 15 is 0 Å². The van der Waals surface area contributed by atoms with E-state index in [1.54, 1.807) is 19.5 Å². The van der Waals surface area contributed by atoms with E-state index in [4.69, 9.17) is 4.74 Å². The molecule has 4 aromatic rings. The van der Waals surface area contributed by atoms with Crippen molar-refractivity contribution >= 4 is 28.0 Å². The van der Waals surface area contributed by atoms with Gasteiger partial charge in [-0.05, 0) is 37.5 Å². The Hall–Kier alpha value is -3.26. The zero-order chi connectivity index (χ0) is 19.3. The van der Waals surface area contributed by atoms with Gasteiger partial charge in [0.05, 0.1) is 29.1 Å². The summed E-state index contributed by atoms with van der Waals surface area (Å²) in [5.41, 5.74) is 3.68. The maximum Gasteiger partial charge on any atom is 0.228 e. The van der Waals surface area contributed by atoms with Gasteiger partial charge in [-0.25, -0.2) is 0 Å². The van der Waals surface area contributed by atoms with Crippen molar-refractivity contribution in [1.82, 2.24) is 24.9 Å². The average Bonchev–Trinajstić information content (AvgIpc) is 3.09. The highest BCUT2D eigenvalue weighted by Crippen LogP contribution is 2.37. The molecule has 0 bridgehead atoms. The van der Waals surface area contributed by atoms with Crippen molar-refractivity contribution in [2.45, 2.75) is 31.4 Å². The normalized spacial score (nSPS) is 21.6. The van der Waals surface area contributed by atoms with Gasteiger partial charge in [-0.15, -0.1) is 0 Å². The van der Waals surface area contributed by atoms with Crippen LogP contribution in [0, 0.1) is 0 Å². The van der Waals surface area contributed by atoms with Gasteiger partial charge in [-0.1, -0.05) is 6.07 Å². The molecule has 1 saturated carbocycles. The Balaban J connectivity index is 1.55. The van der Waals surface area contributed by atoms with Crippen molar-refractivity contribution in [1.29, 1.82) is 0 Å². The maximum atomic E-state index is 9.92. The first-order valence-corrected chi connectivity index (χ1v) is 9.16. The van der Waals surface area contributed by atoms with Gasteiger partial charge in [-0.3, -0.25) is 9.97 Å². The molecule has 8 nitrogen and oxygen atoms in total. The van der Waals surface area contributed by atoms with E-state index in [1.165, 1.54) is 0 Å². The van der Waals surface area contributed by atoms with Crippen LogP contribution < -0.4 is 10.1 Å². The summed E-state index contributed by atoms with van der Waals surface area (Å²) in [6.45, 7) is 1.83. The third-order valence-corrected chi connectivity index (χ3v) is 5.18. The highest BCUT2D eigenvalue weighted by Gasteiger charge is 2.38. The van der Waals surface area contributed by atoms with Crippen molar-refractivity contribution in [3.63, 3.8) is 0 Å². The molecule has 8 heteroatoms. The van der Waals surface area contributed by atoms with Crippen LogP contribution in [0.25, 0.3) is 33.2 Å². The second kappa shape index (κ2) is 6.13. The van der Waals surface area contributed by atoms with E-state index < -0.39 is 5.60 Å². The number of methoxy groups -OCH3 is 1. The summed E-state index contributed by atoms with van der Waals surface area (Å²) in [7, 11) is 1.60. The molecule has 3 heterocycles. The van der Waals surface area contributed by atoms with Crippen molar-refractivity contribution in [3.05, 3.63) is 36.8 Å². The number of hydrogen-bond donors (Lipinski definition) is 3. The number of anilines is 1. The molecule has 5 rings (SSSR count). The Morgan fingerprint density at radius 1 is 1.18 bits per heavy atom. The molecule has 0 radical (unpaired) electrons. The first-order valence-electron chi connectivity index (χ1n) is 9.16. The number of hydrogen-bond acceptors (Lipinski definition) is 7. The minimum absolute atomic E-state index is 0.158. The maximum absolute atomic E-state index is 9.92. The number of nitrogens with zero attached hydrogens (tertiary/aromatic N) is 4. The lowest BCUT2D eigenvalue weighted by Crippen LogP contribution is -2.48. The van der Waals surface area contributed by atoms with Crippen LogP contribution >= 0.6 is 0 Å². The van der Waals surface area contributed by atoms with Gasteiger partial charge >= 0.3 is 0 Å². The number of rotatable bonds is 4. The average molecular weight is 376 g/mol. The molecule has 142 valence electrons. The lowest BCUT2D eigenvalue weighted by Gasteiger charge is -2.41. The quantitative estimate of drug-likeness (QED) is 0.502. The fourth-order valence-electron chi connectivity index (χ4n) is 3.86. The van der Waals surface area contributed by atoms with E-state index in [9.17, 15) is 5.11 Å². The minimum atomic E-state index is -0.607. The first-order chi connectivity index (χ1) is 13.5. The molecule has 28 heavy (non-hydrogen) atoms. The molecule has 0 unspecified atom stereocenters. The highest BCUT2D eigenvalue weighted by molar-refractivity contribution is 5.99. The fourth-order valence-corrected chi connectivity index (χ4v) is 3.86. The van der Waals surface area contributed by atoms with Gasteiger partial charge < -0.3 is 20.1 Å². The molecule has 0 aliphatic heterocycles. The Kier molecular flexibility index (Phi) is 3.70. The lowest BCUT2D eigenvalue weighted by atomic mass is 9.77. The summed E-state index contributed by atoms with van der Waals surface area (Å²) in [5, 5.41) is 14.0. The van der Waals surface area contributed by atoms with E-state index in [2.05, 4.69) is 30.2 Å². The third kappa shape index (κ3) is 2.82. The Morgan fingerprint density at radius 2 is 1.96 bits per heavy atom. The van der Waals surface area contributed by atoms with E-state index in [0.29, 0.717) is 30.3 Å². The highest BCUT2D eigenvalue weighted by atomic mass is 16.5. The summed E-state index contributed by atoms with van der Waals surface area (Å²) in [5.74, 6) is 0.983. The van der Waals surface area contributed by atoms with Crippen LogP contribution in [0.1, 0.15) is 19.8 Å². The molecule has 0 saturated heterocycles. The standard InChI is InChI=1S/C20H20N6O2/c1-20(27)8-12(9-20)24-19-25-17-16(18(26-19)28-2)13(10-23-17)11-3-4-14-15(7-11)22-6-5-21-14/h3-7,10,12,27H,8-9H2,1-2H3,(H2,23,24,25,26). The zero-order valence-electron chi connectivity index (χ0n) is 15.6. The Labute approximate surface area is 161 Å². The number of H-pyrrole nitrogens is 1. The van der Waals surface area contributed by atoms with E-state index in [-0.39, 0.29) is 6.04 Å². The largest absolute Gasteiger partial charge is 0.480 e. The molecule has 1 fully saturated rings. The van der Waals surface area contributed by atoms with Crippen LogP contribution in [0.3, 0.4) is 0 Å². The second-order valence-electron chi connectivity index (χ2n) is 7.49. The van der Waals surface area contributed by atoms with Crippen LogP contribution in [0.15, 0.2) is 36.8 Å². The van der Waals surface area contributed by atoms with Crippen LogP contribution in [0.5, 0.6) is 5.88 Å². The molecule has 3 N–H and O–H groups in total. The molecule has 1 aliphatic carbocycles. The van der Waals surface area contributed by atoms with Crippen molar-refractivity contribution in [3.8, 4) is 17.0 Å². The van der Waals surface area contributed by atoms with Gasteiger partial charge in [0.25, 0.3) is 0 Å². The zero-order valence-corrected chi connectivity index (χ0v) is 15.6. The number of ether oxygens (including phenoxy) is 1. The van der Waals surface area contributed by atoms with Crippen LogP contribution in [0.2, 0.25) is 0 Å². The molecule has 1 aliphatic rings. The van der Waals surface area contributed by atoms with Gasteiger partial charge in [-0.2, -0.15) is 9.97 Å². The van der Waals surface area contributed by atoms with Crippen LogP contribution in [0.4, 0.5) is 5.95 Å². The van der Waals surface area contributed by atoms with Gasteiger partial charge in [0.2, 0.25) is 11.8 Å². The van der Waals surface area contributed by atoms with E-state index in [0.717, 1.165) is 27.5 Å². The topological polar surface area (TPSA) is 109 Å². The predicted molar refractivity (Wildman–Crippen MR) is 106 cm³/mol. The molecular formula is C20H20N6O2. The van der Waals surface area contributed by atoms with Crippen molar-refractivity contribution in [2.24, 2.45) is 0 Å². The fraction of sp³-hybridized carbons (Fsp3) is 0.300. The summed E-state index contributed by atoms with van der Waals surface area (Å²) in [4.78, 5) is 21.0. The Bertz CT molecular complexity index is 1180. The third-order valence-electron chi connectivity index (χ3n) is 5.18. The molecule has 0 atom stereocenters. The summed E-state index contributed by atoms with van der Waals surface area (Å²) < 4.78 is 5.56. The predicted octanol–water partition coefficient (Wildman–Crippen LogP) is 2.90. The molecular weight excluding hydrogens is 356 g/mol. The Morgan fingerprint density at radius 3 is 2.71 bits per heavy atom. The monoisotopic (exact) mass is 376 g/mol. The summed E-state index contributed by atoms with van der Waals surface area (Å²) >= 11 is 0. The molecule has 3 aromatic heterocycles. The lowest BCUT2D eigenvalue weighted by molar-refractivity contribution is -0.0236. The minimum Gasteiger partial charge on any atom is -0.480 e. The number of aromatic amines is 1. The number of nitrogens with one attached hydrogen (secondary N) is 2. The van der Waals surface area contributed by atoms with Gasteiger partial charge in [0, 0.05) is 30.2 Å². The number of benzene rings is 1. The van der Waals surface area contributed by atoms with Crippen molar-refractivity contribution < 1.29 is 9.84 Å². The molecule has 1 aromatic carbocycles. The summed E-state index contributed by atoms with van der Waals surface area (Å²) in [6, 6.07) is 6.10. The first kappa shape index (κ1) is 16.9. The van der Waals surface area contributed by atoms with Crippen LogP contribution in [-0.2, 0) is 0 Å². The number of aliphatic hydroxyl groups is 1. The van der Waals surface area contributed by atoms with Crippen molar-refractivity contribution in [2.75, 3.05) is 12.4 Å². The number of fused-ring (bicyclic) bond motifs is 2. The van der Waals surface area contributed by atoms with Crippen LogP contribution in [-0.4, -0.2) is 48.8 Å². The SMILES string of the molecule is COc1nc(NC2CC(C)(O)C2)nc2[nH]cc(-c3ccc4nccnc4c3)c12. The molecule has 0 spiro atoms. The summed E-state index contributed by atoms with van der Waals surface area (Å²) in [6.07, 6.45) is 6.61. The smallest absolute Gasteiger partial charge is 0.228 e. The van der Waals surface area contributed by atoms with E-state index in [1.807, 2.05) is 31.3 Å². The van der Waals surface area contributed by atoms with Gasteiger partial charge in [0.1, 0.15) is 5.65 Å². The second-order valence-corrected chi connectivity index (χ2v) is 7.49.